The molecule has 142 valence electrons. The zero-order valence-corrected chi connectivity index (χ0v) is 16.6. The van der Waals surface area contributed by atoms with Crippen molar-refractivity contribution in [2.24, 2.45) is 0 Å². The quantitative estimate of drug-likeness (QED) is 0.691. The van der Waals surface area contributed by atoms with E-state index in [1.807, 2.05) is 32.0 Å². The Morgan fingerprint density at radius 2 is 1.89 bits per heavy atom. The van der Waals surface area contributed by atoms with E-state index in [2.05, 4.69) is 19.8 Å². The highest BCUT2D eigenvalue weighted by atomic mass is 32.2. The minimum absolute atomic E-state index is 0.145. The summed E-state index contributed by atoms with van der Waals surface area (Å²) in [4.78, 5) is 7.68. The molecular formula is C19H22N4O3S. The first-order chi connectivity index (χ1) is 12.8. The highest BCUT2D eigenvalue weighted by Crippen LogP contribution is 2.40. The van der Waals surface area contributed by atoms with E-state index in [-0.39, 0.29) is 10.8 Å². The number of rotatable bonds is 5. The Labute approximate surface area is 158 Å². The number of nitrogens with zero attached hydrogens (tertiary/aromatic N) is 2. The first-order valence-electron chi connectivity index (χ1n) is 8.89. The highest BCUT2D eigenvalue weighted by Gasteiger charge is 2.33. The van der Waals surface area contributed by atoms with Gasteiger partial charge in [-0.15, -0.1) is 0 Å². The van der Waals surface area contributed by atoms with Crippen LogP contribution in [0.15, 0.2) is 27.6 Å². The lowest BCUT2D eigenvalue weighted by Crippen LogP contribution is -2.15. The second kappa shape index (κ2) is 6.23. The summed E-state index contributed by atoms with van der Waals surface area (Å²) in [5.74, 6) is 1.21. The number of anilines is 1. The lowest BCUT2D eigenvalue weighted by atomic mass is 10.1. The van der Waals surface area contributed by atoms with E-state index in [0.29, 0.717) is 34.4 Å². The van der Waals surface area contributed by atoms with Crippen LogP contribution in [0.5, 0.6) is 0 Å². The molecule has 1 saturated carbocycles. The normalized spacial score (nSPS) is 14.5. The molecule has 4 rings (SSSR count). The number of hydrogen-bond acceptors (Lipinski definition) is 5. The molecule has 1 aliphatic carbocycles. The standard InChI is InChI=1S/C19H22N4O3S/c1-10-5-6-11(2)15(9-10)23-27(24,25)17-13(4)20-12(3)16(17)19-21-18(22-26-19)14-7-8-14/h5-6,9,14,20,23H,7-8H2,1-4H3. The molecule has 3 aromatic rings. The Kier molecular flexibility index (Phi) is 4.10. The first kappa shape index (κ1) is 17.8. The van der Waals surface area contributed by atoms with E-state index in [4.69, 9.17) is 4.52 Å². The van der Waals surface area contributed by atoms with Crippen LogP contribution in [-0.4, -0.2) is 23.5 Å². The lowest BCUT2D eigenvalue weighted by Gasteiger charge is -2.12. The van der Waals surface area contributed by atoms with Gasteiger partial charge in [0.25, 0.3) is 15.9 Å². The van der Waals surface area contributed by atoms with E-state index in [9.17, 15) is 8.42 Å². The van der Waals surface area contributed by atoms with E-state index in [0.717, 1.165) is 24.0 Å². The van der Waals surface area contributed by atoms with Gasteiger partial charge in [0.05, 0.1) is 11.3 Å². The van der Waals surface area contributed by atoms with Gasteiger partial charge in [0.15, 0.2) is 5.82 Å². The second-order valence-electron chi connectivity index (χ2n) is 7.24. The summed E-state index contributed by atoms with van der Waals surface area (Å²) in [7, 11) is -3.85. The third kappa shape index (κ3) is 3.25. The van der Waals surface area contributed by atoms with Crippen molar-refractivity contribution in [3.63, 3.8) is 0 Å². The number of aromatic nitrogens is 3. The maximum absolute atomic E-state index is 13.2. The Balaban J connectivity index is 1.79. The average molecular weight is 386 g/mol. The molecule has 0 saturated heterocycles. The van der Waals surface area contributed by atoms with Crippen LogP contribution in [0.25, 0.3) is 11.5 Å². The first-order valence-corrected chi connectivity index (χ1v) is 10.4. The molecule has 0 atom stereocenters. The van der Waals surface area contributed by atoms with Crippen LogP contribution in [0.4, 0.5) is 5.69 Å². The summed E-state index contributed by atoms with van der Waals surface area (Å²) in [6, 6.07) is 5.66. The van der Waals surface area contributed by atoms with Crippen LogP contribution in [0.3, 0.4) is 0 Å². The smallest absolute Gasteiger partial charge is 0.264 e. The Morgan fingerprint density at radius 3 is 2.59 bits per heavy atom. The zero-order valence-electron chi connectivity index (χ0n) is 15.8. The summed E-state index contributed by atoms with van der Waals surface area (Å²) in [6.07, 6.45) is 2.09. The van der Waals surface area contributed by atoms with Gasteiger partial charge >= 0.3 is 0 Å². The van der Waals surface area contributed by atoms with Crippen molar-refractivity contribution in [3.05, 3.63) is 46.5 Å². The van der Waals surface area contributed by atoms with Crippen molar-refractivity contribution < 1.29 is 12.9 Å². The molecule has 7 nitrogen and oxygen atoms in total. The SMILES string of the molecule is Cc1ccc(C)c(NS(=O)(=O)c2c(C)[nH]c(C)c2-c2nc(C3CC3)no2)c1. The Hall–Kier alpha value is -2.61. The fourth-order valence-electron chi connectivity index (χ4n) is 3.24. The minimum Gasteiger partial charge on any atom is -0.361 e. The maximum Gasteiger partial charge on any atom is 0.264 e. The second-order valence-corrected chi connectivity index (χ2v) is 8.85. The van der Waals surface area contributed by atoms with Crippen LogP contribution < -0.4 is 4.72 Å². The van der Waals surface area contributed by atoms with E-state index < -0.39 is 10.0 Å². The molecule has 0 radical (unpaired) electrons. The predicted molar refractivity (Wildman–Crippen MR) is 102 cm³/mol. The van der Waals surface area contributed by atoms with E-state index in [1.54, 1.807) is 13.8 Å². The van der Waals surface area contributed by atoms with Gasteiger partial charge in [-0.3, -0.25) is 4.72 Å². The van der Waals surface area contributed by atoms with E-state index >= 15 is 0 Å². The van der Waals surface area contributed by atoms with Crippen molar-refractivity contribution in [1.29, 1.82) is 0 Å². The molecule has 0 amide bonds. The number of H-pyrrole nitrogens is 1. The minimum atomic E-state index is -3.85. The summed E-state index contributed by atoms with van der Waals surface area (Å²) in [6.45, 7) is 7.33. The molecule has 2 aromatic heterocycles. The molecule has 1 aliphatic rings. The fourth-order valence-corrected chi connectivity index (χ4v) is 4.81. The molecular weight excluding hydrogens is 364 g/mol. The summed E-state index contributed by atoms with van der Waals surface area (Å²) in [5.41, 5.74) is 4.04. The summed E-state index contributed by atoms with van der Waals surface area (Å²) >= 11 is 0. The van der Waals surface area contributed by atoms with Gasteiger partial charge in [0, 0.05) is 17.3 Å². The molecule has 0 spiro atoms. The van der Waals surface area contributed by atoms with Gasteiger partial charge in [-0.05, 0) is 57.7 Å². The lowest BCUT2D eigenvalue weighted by molar-refractivity contribution is 0.421. The number of nitrogens with one attached hydrogen (secondary N) is 2. The van der Waals surface area contributed by atoms with Gasteiger partial charge in [-0.25, -0.2) is 8.42 Å². The van der Waals surface area contributed by atoms with Crippen LogP contribution in [0.1, 0.15) is 47.1 Å². The largest absolute Gasteiger partial charge is 0.361 e. The van der Waals surface area contributed by atoms with Crippen LogP contribution in [0.2, 0.25) is 0 Å². The molecule has 0 aliphatic heterocycles. The molecule has 1 fully saturated rings. The Morgan fingerprint density at radius 1 is 1.15 bits per heavy atom. The van der Waals surface area contributed by atoms with Crippen molar-refractivity contribution in [3.8, 4) is 11.5 Å². The maximum atomic E-state index is 13.2. The number of hydrogen-bond donors (Lipinski definition) is 2. The average Bonchev–Trinajstić information content (AvgIpc) is 3.24. The molecule has 2 heterocycles. The number of benzene rings is 1. The number of aromatic amines is 1. The van der Waals surface area contributed by atoms with E-state index in [1.165, 1.54) is 0 Å². The van der Waals surface area contributed by atoms with Crippen LogP contribution in [0, 0.1) is 27.7 Å². The zero-order chi connectivity index (χ0) is 19.3. The van der Waals surface area contributed by atoms with Gasteiger partial charge in [-0.2, -0.15) is 4.98 Å². The van der Waals surface area contributed by atoms with Gasteiger partial charge in [0.1, 0.15) is 4.90 Å². The van der Waals surface area contributed by atoms with Crippen LogP contribution in [-0.2, 0) is 10.0 Å². The van der Waals surface area contributed by atoms with Crippen molar-refractivity contribution in [1.82, 2.24) is 15.1 Å². The highest BCUT2D eigenvalue weighted by molar-refractivity contribution is 7.93. The fraction of sp³-hybridized carbons (Fsp3) is 0.368. The topological polar surface area (TPSA) is 101 Å². The summed E-state index contributed by atoms with van der Waals surface area (Å²) < 4.78 is 34.6. The Bertz CT molecular complexity index is 1120. The third-order valence-electron chi connectivity index (χ3n) is 4.82. The molecule has 0 bridgehead atoms. The number of aryl methyl sites for hydroxylation is 4. The van der Waals surface area contributed by atoms with Crippen molar-refractivity contribution in [2.45, 2.75) is 51.3 Å². The monoisotopic (exact) mass is 386 g/mol. The number of sulfonamides is 1. The molecule has 27 heavy (non-hydrogen) atoms. The molecule has 2 N–H and O–H groups in total. The third-order valence-corrected chi connectivity index (χ3v) is 6.36. The molecule has 8 heteroatoms. The van der Waals surface area contributed by atoms with Gasteiger partial charge < -0.3 is 9.51 Å². The summed E-state index contributed by atoms with van der Waals surface area (Å²) in [5, 5.41) is 4.02. The van der Waals surface area contributed by atoms with Gasteiger partial charge in [0.2, 0.25) is 0 Å². The molecule has 1 aromatic carbocycles. The van der Waals surface area contributed by atoms with Crippen LogP contribution >= 0.6 is 0 Å². The predicted octanol–water partition coefficient (Wildman–Crippen LogP) is 3.98. The van der Waals surface area contributed by atoms with Crippen molar-refractivity contribution >= 4 is 15.7 Å². The molecule has 0 unspecified atom stereocenters. The van der Waals surface area contributed by atoms with Gasteiger partial charge in [-0.1, -0.05) is 17.3 Å². The van der Waals surface area contributed by atoms with Crippen molar-refractivity contribution in [2.75, 3.05) is 4.72 Å².